The molecular weight excluding hydrogens is 251 g/mol. The second kappa shape index (κ2) is 7.46. The van der Waals surface area contributed by atoms with Gasteiger partial charge < -0.3 is 16.2 Å². The lowest BCUT2D eigenvalue weighted by Crippen LogP contribution is -2.33. The summed E-state index contributed by atoms with van der Waals surface area (Å²) in [5.41, 5.74) is 5.77. The third-order valence-electron chi connectivity index (χ3n) is 1.91. The summed E-state index contributed by atoms with van der Waals surface area (Å²) < 4.78 is 0. The number of carbonyl (C=O) groups excluding carboxylic acids is 1. The van der Waals surface area contributed by atoms with Gasteiger partial charge in [0.05, 0.1) is 12.6 Å². The number of aliphatic hydroxyl groups is 1. The minimum absolute atomic E-state index is 0. The molecule has 1 atom stereocenters. The van der Waals surface area contributed by atoms with Crippen molar-refractivity contribution >= 4 is 29.9 Å². The van der Waals surface area contributed by atoms with E-state index < -0.39 is 6.10 Å². The number of amides is 1. The number of hydrogen-bond donors (Lipinski definition) is 3. The number of halogens is 2. The van der Waals surface area contributed by atoms with E-state index in [0.29, 0.717) is 10.6 Å². The predicted molar refractivity (Wildman–Crippen MR) is 65.7 cm³/mol. The first kappa shape index (κ1) is 15.2. The van der Waals surface area contributed by atoms with E-state index in [4.69, 9.17) is 17.3 Å². The lowest BCUT2D eigenvalue weighted by molar-refractivity contribution is -0.120. The Morgan fingerprint density at radius 2 is 2.25 bits per heavy atom. The Labute approximate surface area is 105 Å². The molecule has 0 heterocycles. The molecule has 90 valence electrons. The van der Waals surface area contributed by atoms with E-state index in [1.165, 1.54) is 0 Å². The van der Waals surface area contributed by atoms with Gasteiger partial charge in [0.1, 0.15) is 0 Å². The summed E-state index contributed by atoms with van der Waals surface area (Å²) in [5, 5.41) is 12.7. The molecule has 4 N–H and O–H groups in total. The van der Waals surface area contributed by atoms with Crippen LogP contribution in [0.2, 0.25) is 5.02 Å². The Balaban J connectivity index is 0.00000225. The van der Waals surface area contributed by atoms with Gasteiger partial charge in [-0.3, -0.25) is 4.79 Å². The third kappa shape index (κ3) is 4.81. The fourth-order valence-corrected chi connectivity index (χ4v) is 1.31. The van der Waals surface area contributed by atoms with Crippen LogP contribution in [0, 0.1) is 0 Å². The van der Waals surface area contributed by atoms with Crippen molar-refractivity contribution in [3.63, 3.8) is 0 Å². The van der Waals surface area contributed by atoms with E-state index in [2.05, 4.69) is 5.32 Å². The maximum atomic E-state index is 10.8. The second-order valence-corrected chi connectivity index (χ2v) is 3.52. The number of aliphatic hydroxyl groups excluding tert-OH is 1. The van der Waals surface area contributed by atoms with Gasteiger partial charge in [-0.1, -0.05) is 23.7 Å². The highest BCUT2D eigenvalue weighted by Crippen LogP contribution is 2.16. The Hall–Kier alpha value is -0.810. The molecule has 1 amide bonds. The fraction of sp³-hybridized carbons (Fsp3) is 0.300. The third-order valence-corrected chi connectivity index (χ3v) is 2.15. The van der Waals surface area contributed by atoms with Crippen LogP contribution in [0.3, 0.4) is 0 Å². The van der Waals surface area contributed by atoms with Gasteiger partial charge in [-0.15, -0.1) is 12.4 Å². The van der Waals surface area contributed by atoms with Crippen LogP contribution < -0.4 is 11.1 Å². The van der Waals surface area contributed by atoms with Crippen LogP contribution in [0.1, 0.15) is 11.7 Å². The molecular formula is C10H14Cl2N2O2. The minimum Gasteiger partial charge on any atom is -0.387 e. The van der Waals surface area contributed by atoms with Crippen molar-refractivity contribution in [3.8, 4) is 0 Å². The average Bonchev–Trinajstić information content (AvgIpc) is 2.25. The van der Waals surface area contributed by atoms with Crippen LogP contribution in [0.5, 0.6) is 0 Å². The van der Waals surface area contributed by atoms with E-state index in [9.17, 15) is 9.90 Å². The Kier molecular flexibility index (Phi) is 7.08. The molecule has 1 aromatic carbocycles. The van der Waals surface area contributed by atoms with Gasteiger partial charge in [0, 0.05) is 11.6 Å². The second-order valence-electron chi connectivity index (χ2n) is 3.08. The first-order valence-electron chi connectivity index (χ1n) is 4.53. The summed E-state index contributed by atoms with van der Waals surface area (Å²) in [6.45, 7) is 0.0542. The molecule has 0 aliphatic heterocycles. The summed E-state index contributed by atoms with van der Waals surface area (Å²) in [4.78, 5) is 10.8. The van der Waals surface area contributed by atoms with Gasteiger partial charge in [-0.2, -0.15) is 0 Å². The number of carbonyl (C=O) groups is 1. The van der Waals surface area contributed by atoms with E-state index in [1.807, 2.05) is 0 Å². The van der Waals surface area contributed by atoms with E-state index in [1.54, 1.807) is 24.3 Å². The van der Waals surface area contributed by atoms with Crippen LogP contribution in [0.15, 0.2) is 24.3 Å². The fourth-order valence-electron chi connectivity index (χ4n) is 1.11. The van der Waals surface area contributed by atoms with Gasteiger partial charge in [-0.05, 0) is 17.7 Å². The van der Waals surface area contributed by atoms with Gasteiger partial charge in [0.2, 0.25) is 5.91 Å². The molecule has 0 fully saturated rings. The number of benzene rings is 1. The van der Waals surface area contributed by atoms with Crippen molar-refractivity contribution < 1.29 is 9.90 Å². The Morgan fingerprint density at radius 3 is 2.81 bits per heavy atom. The van der Waals surface area contributed by atoms with Gasteiger partial charge in [0.15, 0.2) is 0 Å². The molecule has 0 aliphatic carbocycles. The zero-order chi connectivity index (χ0) is 11.3. The van der Waals surface area contributed by atoms with Crippen LogP contribution in [-0.2, 0) is 4.79 Å². The zero-order valence-corrected chi connectivity index (χ0v) is 10.1. The molecule has 0 radical (unpaired) electrons. The molecule has 0 saturated heterocycles. The Bertz CT molecular complexity index is 347. The number of nitrogens with one attached hydrogen (secondary N) is 1. The normalized spacial score (nSPS) is 11.4. The van der Waals surface area contributed by atoms with Gasteiger partial charge in [-0.25, -0.2) is 0 Å². The predicted octanol–water partition coefficient (Wildman–Crippen LogP) is 0.870. The van der Waals surface area contributed by atoms with Crippen molar-refractivity contribution in [2.45, 2.75) is 6.10 Å². The van der Waals surface area contributed by atoms with E-state index in [0.717, 1.165) is 0 Å². The smallest absolute Gasteiger partial charge is 0.233 e. The van der Waals surface area contributed by atoms with Crippen molar-refractivity contribution in [2.75, 3.05) is 13.1 Å². The zero-order valence-electron chi connectivity index (χ0n) is 8.52. The van der Waals surface area contributed by atoms with Crippen molar-refractivity contribution in [1.82, 2.24) is 5.32 Å². The summed E-state index contributed by atoms with van der Waals surface area (Å²) in [6, 6.07) is 6.86. The maximum absolute atomic E-state index is 10.8. The van der Waals surface area contributed by atoms with Crippen LogP contribution in [-0.4, -0.2) is 24.1 Å². The minimum atomic E-state index is -0.765. The molecule has 0 spiro atoms. The van der Waals surface area contributed by atoms with Gasteiger partial charge in [0.25, 0.3) is 0 Å². The highest BCUT2D eigenvalue weighted by atomic mass is 35.5. The molecule has 1 rings (SSSR count). The summed E-state index contributed by atoms with van der Waals surface area (Å²) in [5.74, 6) is -0.295. The van der Waals surface area contributed by atoms with E-state index >= 15 is 0 Å². The number of nitrogens with two attached hydrogens (primary N) is 1. The molecule has 6 heteroatoms. The molecule has 1 aromatic rings. The van der Waals surface area contributed by atoms with Crippen molar-refractivity contribution in [2.24, 2.45) is 5.73 Å². The number of rotatable bonds is 4. The van der Waals surface area contributed by atoms with Crippen LogP contribution in [0.25, 0.3) is 0 Å². The SMILES string of the molecule is Cl.NCC(=O)NCC(O)c1cccc(Cl)c1. The molecule has 16 heavy (non-hydrogen) atoms. The molecule has 0 saturated carbocycles. The van der Waals surface area contributed by atoms with Crippen molar-refractivity contribution in [1.29, 1.82) is 0 Å². The quantitative estimate of drug-likeness (QED) is 0.756. The van der Waals surface area contributed by atoms with Crippen LogP contribution in [0.4, 0.5) is 0 Å². The first-order chi connectivity index (χ1) is 7.13. The summed E-state index contributed by atoms with van der Waals surface area (Å²) >= 11 is 5.76. The highest BCUT2D eigenvalue weighted by molar-refractivity contribution is 6.30. The maximum Gasteiger partial charge on any atom is 0.233 e. The average molecular weight is 265 g/mol. The van der Waals surface area contributed by atoms with E-state index in [-0.39, 0.29) is 31.4 Å². The molecule has 1 unspecified atom stereocenters. The van der Waals surface area contributed by atoms with Crippen LogP contribution >= 0.6 is 24.0 Å². The molecule has 0 aliphatic rings. The lowest BCUT2D eigenvalue weighted by Gasteiger charge is -2.11. The highest BCUT2D eigenvalue weighted by Gasteiger charge is 2.08. The number of hydrogen-bond acceptors (Lipinski definition) is 3. The first-order valence-corrected chi connectivity index (χ1v) is 4.91. The van der Waals surface area contributed by atoms with Crippen molar-refractivity contribution in [3.05, 3.63) is 34.9 Å². The largest absolute Gasteiger partial charge is 0.387 e. The molecule has 4 nitrogen and oxygen atoms in total. The standard InChI is InChI=1S/C10H13ClN2O2.ClH/c11-8-3-1-2-7(4-8)9(14)6-13-10(15)5-12;/h1-4,9,14H,5-6,12H2,(H,13,15);1H. The summed E-state index contributed by atoms with van der Waals surface area (Å²) in [6.07, 6.45) is -0.765. The van der Waals surface area contributed by atoms with Gasteiger partial charge >= 0.3 is 0 Å². The molecule has 0 aromatic heterocycles. The topological polar surface area (TPSA) is 75.4 Å². The lowest BCUT2D eigenvalue weighted by atomic mass is 10.1. The monoisotopic (exact) mass is 264 g/mol. The summed E-state index contributed by atoms with van der Waals surface area (Å²) in [7, 11) is 0. The molecule has 0 bridgehead atoms. The Morgan fingerprint density at radius 1 is 1.56 bits per heavy atom.